The van der Waals surface area contributed by atoms with Crippen LogP contribution in [0.25, 0.3) is 0 Å². The molecule has 1 aliphatic rings. The highest BCUT2D eigenvalue weighted by Gasteiger charge is 2.24. The number of carbonyl (C=O) groups is 1. The third kappa shape index (κ3) is 4.85. The standard InChI is InChI=1S/C19H18ClF2NO3/c20-13-1-3-14(4-2-13)25-12-19(24)23-9-7-15(8-10-23)26-16-5-6-17(21)18(22)11-16/h1-6,11,15H,7-10,12H2. The monoisotopic (exact) mass is 381 g/mol. The van der Waals surface area contributed by atoms with E-state index in [0.29, 0.717) is 42.5 Å². The number of hydrogen-bond acceptors (Lipinski definition) is 3. The van der Waals surface area contributed by atoms with Gasteiger partial charge < -0.3 is 14.4 Å². The second-order valence-corrected chi connectivity index (χ2v) is 6.45. The molecule has 0 atom stereocenters. The van der Waals surface area contributed by atoms with Gasteiger partial charge in [-0.1, -0.05) is 11.6 Å². The topological polar surface area (TPSA) is 38.8 Å². The van der Waals surface area contributed by atoms with E-state index in [1.807, 2.05) is 0 Å². The molecule has 1 aliphatic heterocycles. The molecule has 0 unspecified atom stereocenters. The van der Waals surface area contributed by atoms with Crippen molar-refractivity contribution in [3.05, 3.63) is 59.1 Å². The van der Waals surface area contributed by atoms with Crippen LogP contribution in [0, 0.1) is 11.6 Å². The SMILES string of the molecule is O=C(COc1ccc(Cl)cc1)N1CCC(Oc2ccc(F)c(F)c2)CC1. The van der Waals surface area contributed by atoms with Crippen molar-refractivity contribution in [2.75, 3.05) is 19.7 Å². The number of rotatable bonds is 5. The number of hydrogen-bond donors (Lipinski definition) is 0. The van der Waals surface area contributed by atoms with E-state index in [4.69, 9.17) is 21.1 Å². The Morgan fingerprint density at radius 2 is 1.69 bits per heavy atom. The summed E-state index contributed by atoms with van der Waals surface area (Å²) in [6, 6.07) is 10.3. The van der Waals surface area contributed by atoms with Crippen molar-refractivity contribution >= 4 is 17.5 Å². The zero-order chi connectivity index (χ0) is 18.5. The van der Waals surface area contributed by atoms with Crippen LogP contribution in [-0.2, 0) is 4.79 Å². The van der Waals surface area contributed by atoms with E-state index in [9.17, 15) is 13.6 Å². The van der Waals surface area contributed by atoms with E-state index >= 15 is 0 Å². The third-order valence-corrected chi connectivity index (χ3v) is 4.42. The van der Waals surface area contributed by atoms with Crippen molar-refractivity contribution in [1.29, 1.82) is 0 Å². The molecule has 1 amide bonds. The van der Waals surface area contributed by atoms with Gasteiger partial charge in [0.1, 0.15) is 17.6 Å². The molecule has 138 valence electrons. The fraction of sp³-hybridized carbons (Fsp3) is 0.316. The van der Waals surface area contributed by atoms with Crippen LogP contribution >= 0.6 is 11.6 Å². The maximum atomic E-state index is 13.2. The Balaban J connectivity index is 1.44. The number of nitrogens with zero attached hydrogens (tertiary/aromatic N) is 1. The van der Waals surface area contributed by atoms with Gasteiger partial charge in [-0.25, -0.2) is 8.78 Å². The number of halogens is 3. The predicted molar refractivity (Wildman–Crippen MR) is 93.5 cm³/mol. The van der Waals surface area contributed by atoms with Crippen molar-refractivity contribution in [2.45, 2.75) is 18.9 Å². The molecule has 0 aromatic heterocycles. The van der Waals surface area contributed by atoms with Crippen molar-refractivity contribution < 1.29 is 23.0 Å². The lowest BCUT2D eigenvalue weighted by Gasteiger charge is -2.32. The predicted octanol–water partition coefficient (Wildman–Crippen LogP) is 4.07. The van der Waals surface area contributed by atoms with Gasteiger partial charge in [-0.3, -0.25) is 4.79 Å². The van der Waals surface area contributed by atoms with Crippen LogP contribution in [0.1, 0.15) is 12.8 Å². The number of piperidine rings is 1. The van der Waals surface area contributed by atoms with E-state index in [1.54, 1.807) is 29.2 Å². The molecule has 0 N–H and O–H groups in total. The number of likely N-dealkylation sites (tertiary alicyclic amines) is 1. The summed E-state index contributed by atoms with van der Waals surface area (Å²) in [6.07, 6.45) is 1.10. The summed E-state index contributed by atoms with van der Waals surface area (Å²) < 4.78 is 37.3. The molecule has 1 heterocycles. The first-order valence-electron chi connectivity index (χ1n) is 8.29. The summed E-state index contributed by atoms with van der Waals surface area (Å²) in [5, 5.41) is 0.604. The van der Waals surface area contributed by atoms with Crippen LogP contribution in [-0.4, -0.2) is 36.6 Å². The molecule has 2 aromatic rings. The highest BCUT2D eigenvalue weighted by Crippen LogP contribution is 2.21. The molecule has 2 aromatic carbocycles. The first-order valence-corrected chi connectivity index (χ1v) is 8.67. The number of amides is 1. The Hall–Kier alpha value is -2.34. The normalized spacial score (nSPS) is 15.0. The lowest BCUT2D eigenvalue weighted by atomic mass is 10.1. The van der Waals surface area contributed by atoms with Crippen LogP contribution < -0.4 is 9.47 Å². The van der Waals surface area contributed by atoms with E-state index in [-0.39, 0.29) is 18.6 Å². The smallest absolute Gasteiger partial charge is 0.260 e. The Morgan fingerprint density at radius 3 is 2.35 bits per heavy atom. The van der Waals surface area contributed by atoms with Crippen LogP contribution in [0.5, 0.6) is 11.5 Å². The van der Waals surface area contributed by atoms with Crippen molar-refractivity contribution in [1.82, 2.24) is 4.90 Å². The lowest BCUT2D eigenvalue weighted by molar-refractivity contribution is -0.135. The molecular weight excluding hydrogens is 364 g/mol. The van der Waals surface area contributed by atoms with Crippen molar-refractivity contribution in [3.8, 4) is 11.5 Å². The number of ether oxygens (including phenoxy) is 2. The van der Waals surface area contributed by atoms with Gasteiger partial charge in [0.25, 0.3) is 5.91 Å². The molecule has 0 spiro atoms. The molecule has 0 saturated carbocycles. The van der Waals surface area contributed by atoms with E-state index in [0.717, 1.165) is 12.1 Å². The lowest BCUT2D eigenvalue weighted by Crippen LogP contribution is -2.43. The van der Waals surface area contributed by atoms with Crippen LogP contribution in [0.4, 0.5) is 8.78 Å². The van der Waals surface area contributed by atoms with Gasteiger partial charge in [0.2, 0.25) is 0 Å². The van der Waals surface area contributed by atoms with Gasteiger partial charge in [0.05, 0.1) is 0 Å². The Morgan fingerprint density at radius 1 is 1.04 bits per heavy atom. The summed E-state index contributed by atoms with van der Waals surface area (Å²) in [5.74, 6) is -1.07. The summed E-state index contributed by atoms with van der Waals surface area (Å²) in [7, 11) is 0. The first kappa shape index (κ1) is 18.5. The fourth-order valence-corrected chi connectivity index (χ4v) is 2.86. The first-order chi connectivity index (χ1) is 12.5. The zero-order valence-electron chi connectivity index (χ0n) is 14.0. The highest BCUT2D eigenvalue weighted by atomic mass is 35.5. The van der Waals surface area contributed by atoms with Crippen LogP contribution in [0.3, 0.4) is 0 Å². The minimum Gasteiger partial charge on any atom is -0.490 e. The highest BCUT2D eigenvalue weighted by molar-refractivity contribution is 6.30. The van der Waals surface area contributed by atoms with Gasteiger partial charge in [-0.2, -0.15) is 0 Å². The van der Waals surface area contributed by atoms with E-state index in [1.165, 1.54) is 6.07 Å². The largest absolute Gasteiger partial charge is 0.490 e. The summed E-state index contributed by atoms with van der Waals surface area (Å²) >= 11 is 5.80. The van der Waals surface area contributed by atoms with Crippen molar-refractivity contribution in [3.63, 3.8) is 0 Å². The number of benzene rings is 2. The Bertz CT molecular complexity index is 762. The second-order valence-electron chi connectivity index (χ2n) is 6.02. The minimum atomic E-state index is -0.936. The molecule has 0 radical (unpaired) electrons. The maximum Gasteiger partial charge on any atom is 0.260 e. The fourth-order valence-electron chi connectivity index (χ4n) is 2.73. The molecule has 4 nitrogen and oxygen atoms in total. The molecule has 1 saturated heterocycles. The quantitative estimate of drug-likeness (QED) is 0.783. The summed E-state index contributed by atoms with van der Waals surface area (Å²) in [6.45, 7) is 1.00. The van der Waals surface area contributed by atoms with Crippen LogP contribution in [0.2, 0.25) is 5.02 Å². The maximum absolute atomic E-state index is 13.2. The van der Waals surface area contributed by atoms with Gasteiger partial charge in [0.15, 0.2) is 18.2 Å². The molecule has 7 heteroatoms. The molecule has 0 aliphatic carbocycles. The summed E-state index contributed by atoms with van der Waals surface area (Å²) in [5.41, 5.74) is 0. The van der Waals surface area contributed by atoms with Crippen LogP contribution in [0.15, 0.2) is 42.5 Å². The summed E-state index contributed by atoms with van der Waals surface area (Å²) in [4.78, 5) is 13.9. The Labute approximate surface area is 155 Å². The second kappa shape index (κ2) is 8.36. The average Bonchev–Trinajstić information content (AvgIpc) is 2.65. The van der Waals surface area contributed by atoms with Crippen molar-refractivity contribution in [2.24, 2.45) is 0 Å². The Kier molecular flexibility index (Phi) is 5.93. The zero-order valence-corrected chi connectivity index (χ0v) is 14.7. The molecule has 26 heavy (non-hydrogen) atoms. The average molecular weight is 382 g/mol. The molecule has 3 rings (SSSR count). The number of carbonyl (C=O) groups excluding carboxylic acids is 1. The molecule has 1 fully saturated rings. The van der Waals surface area contributed by atoms with Gasteiger partial charge >= 0.3 is 0 Å². The van der Waals surface area contributed by atoms with Gasteiger partial charge in [-0.15, -0.1) is 0 Å². The van der Waals surface area contributed by atoms with Gasteiger partial charge in [0, 0.05) is 37.0 Å². The van der Waals surface area contributed by atoms with E-state index < -0.39 is 11.6 Å². The molecule has 0 bridgehead atoms. The van der Waals surface area contributed by atoms with Gasteiger partial charge in [-0.05, 0) is 36.4 Å². The molecular formula is C19H18ClF2NO3. The minimum absolute atomic E-state index is 0.0453. The van der Waals surface area contributed by atoms with E-state index in [2.05, 4.69) is 0 Å². The third-order valence-electron chi connectivity index (χ3n) is 4.16.